The van der Waals surface area contributed by atoms with Gasteiger partial charge in [0.1, 0.15) is 5.75 Å². The van der Waals surface area contributed by atoms with Gasteiger partial charge in [-0.2, -0.15) is 0 Å². The molecule has 0 fully saturated rings. The maximum Gasteiger partial charge on any atom is 0.127 e. The fourth-order valence-electron chi connectivity index (χ4n) is 2.85. The van der Waals surface area contributed by atoms with Crippen LogP contribution >= 0.6 is 11.8 Å². The Kier molecular flexibility index (Phi) is 3.39. The third kappa shape index (κ3) is 2.20. The number of hydrogen-bond donors (Lipinski definition) is 0. The molecule has 1 nitrogen and oxygen atoms in total. The van der Waals surface area contributed by atoms with Crippen molar-refractivity contribution in [3.63, 3.8) is 0 Å². The van der Waals surface area contributed by atoms with Crippen LogP contribution in [0.4, 0.5) is 0 Å². The van der Waals surface area contributed by atoms with Gasteiger partial charge in [-0.15, -0.1) is 0 Å². The molecular weight excluding hydrogens is 288 g/mol. The topological polar surface area (TPSA) is 9.23 Å². The molecule has 2 heteroatoms. The van der Waals surface area contributed by atoms with Gasteiger partial charge in [0.15, 0.2) is 0 Å². The number of benzene rings is 3. The Hall–Kier alpha value is -2.19. The number of hydrogen-bond acceptors (Lipinski definition) is 2. The van der Waals surface area contributed by atoms with Gasteiger partial charge in [0.25, 0.3) is 0 Å². The van der Waals surface area contributed by atoms with Gasteiger partial charge in [-0.05, 0) is 34.9 Å². The van der Waals surface area contributed by atoms with Gasteiger partial charge >= 0.3 is 0 Å². The molecule has 3 aromatic carbocycles. The number of methoxy groups -OCH3 is 1. The summed E-state index contributed by atoms with van der Waals surface area (Å²) in [5, 5.41) is 0. The minimum atomic E-state index is 0.918. The van der Waals surface area contributed by atoms with Gasteiger partial charge in [0.05, 0.1) is 7.11 Å². The van der Waals surface area contributed by atoms with Crippen LogP contribution < -0.4 is 4.74 Å². The lowest BCUT2D eigenvalue weighted by molar-refractivity contribution is 0.416. The van der Waals surface area contributed by atoms with Crippen molar-refractivity contribution < 1.29 is 4.74 Å². The monoisotopic (exact) mass is 303 g/mol. The lowest BCUT2D eigenvalue weighted by Gasteiger charge is -2.23. The number of ether oxygens (including phenoxy) is 1. The fraction of sp³-hybridized carbons (Fsp3) is 0.0500. The first-order valence-corrected chi connectivity index (χ1v) is 8.06. The Morgan fingerprint density at radius 3 is 2.36 bits per heavy atom. The fourth-order valence-corrected chi connectivity index (χ4v) is 3.89. The molecule has 0 saturated heterocycles. The molecule has 0 spiro atoms. The Balaban J connectivity index is 1.92. The molecule has 1 aliphatic rings. The van der Waals surface area contributed by atoms with Crippen LogP contribution in [-0.4, -0.2) is 7.11 Å². The van der Waals surface area contributed by atoms with Crippen LogP contribution in [0.2, 0.25) is 0 Å². The Morgan fingerprint density at radius 1 is 0.773 bits per heavy atom. The summed E-state index contributed by atoms with van der Waals surface area (Å²) in [7, 11) is 1.73. The standard InChI is InChI=1S/C20H15OS/c1-21-17-11-12-19-16(20(17)14-7-3-2-4-8-14)13-15-9-5-6-10-18(15)22-19/h2-13H,1H3. The average molecular weight is 303 g/mol. The number of fused-ring (bicyclic) bond motifs is 2. The maximum absolute atomic E-state index is 5.62. The second-order valence-corrected chi connectivity index (χ2v) is 6.29. The van der Waals surface area contributed by atoms with Gasteiger partial charge in [-0.1, -0.05) is 60.3 Å². The van der Waals surface area contributed by atoms with E-state index < -0.39 is 0 Å². The summed E-state index contributed by atoms with van der Waals surface area (Å²) in [5.41, 5.74) is 4.87. The van der Waals surface area contributed by atoms with Crippen LogP contribution in [0.1, 0.15) is 11.1 Å². The molecule has 0 aliphatic carbocycles. The summed E-state index contributed by atoms with van der Waals surface area (Å²) >= 11 is 1.82. The van der Waals surface area contributed by atoms with Gasteiger partial charge in [-0.3, -0.25) is 0 Å². The molecule has 1 aliphatic heterocycles. The van der Waals surface area contributed by atoms with E-state index in [1.807, 2.05) is 17.8 Å². The van der Waals surface area contributed by atoms with Crippen LogP contribution in [0.15, 0.2) is 76.5 Å². The van der Waals surface area contributed by atoms with Crippen molar-refractivity contribution in [2.24, 2.45) is 0 Å². The first kappa shape index (κ1) is 13.5. The third-order valence-electron chi connectivity index (χ3n) is 3.89. The van der Waals surface area contributed by atoms with E-state index in [2.05, 4.69) is 67.1 Å². The SMILES string of the molecule is COc1ccc2c(c1-c1ccccc1)[CH]c1ccccc1S2. The summed E-state index contributed by atoms with van der Waals surface area (Å²) in [4.78, 5) is 2.58. The van der Waals surface area contributed by atoms with Crippen molar-refractivity contribution >= 4 is 11.8 Å². The van der Waals surface area contributed by atoms with Crippen molar-refractivity contribution in [3.8, 4) is 16.9 Å². The predicted molar refractivity (Wildman–Crippen MR) is 91.5 cm³/mol. The van der Waals surface area contributed by atoms with Crippen LogP contribution in [0.5, 0.6) is 5.75 Å². The zero-order valence-corrected chi connectivity index (χ0v) is 13.1. The molecule has 1 heterocycles. The van der Waals surface area contributed by atoms with Crippen molar-refractivity contribution in [1.82, 2.24) is 0 Å². The predicted octanol–water partition coefficient (Wildman–Crippen LogP) is 5.43. The van der Waals surface area contributed by atoms with Crippen LogP contribution in [-0.2, 0) is 0 Å². The van der Waals surface area contributed by atoms with E-state index in [0.29, 0.717) is 0 Å². The zero-order valence-electron chi connectivity index (χ0n) is 12.2. The maximum atomic E-state index is 5.62. The largest absolute Gasteiger partial charge is 0.496 e. The van der Waals surface area contributed by atoms with E-state index >= 15 is 0 Å². The second kappa shape index (κ2) is 5.54. The molecule has 4 rings (SSSR count). The molecular formula is C20H15OS. The van der Waals surface area contributed by atoms with Gasteiger partial charge in [-0.25, -0.2) is 0 Å². The van der Waals surface area contributed by atoms with Crippen LogP contribution in [0.25, 0.3) is 11.1 Å². The highest BCUT2D eigenvalue weighted by molar-refractivity contribution is 7.99. The molecule has 22 heavy (non-hydrogen) atoms. The molecule has 0 atom stereocenters. The summed E-state index contributed by atoms with van der Waals surface area (Å²) in [6.45, 7) is 0. The highest BCUT2D eigenvalue weighted by Crippen LogP contribution is 2.47. The molecule has 1 radical (unpaired) electrons. The highest BCUT2D eigenvalue weighted by Gasteiger charge is 2.22. The van der Waals surface area contributed by atoms with E-state index in [0.717, 1.165) is 5.75 Å². The minimum Gasteiger partial charge on any atom is -0.496 e. The van der Waals surface area contributed by atoms with Gasteiger partial charge in [0, 0.05) is 21.8 Å². The molecule has 0 amide bonds. The highest BCUT2D eigenvalue weighted by atomic mass is 32.2. The van der Waals surface area contributed by atoms with Gasteiger partial charge in [0.2, 0.25) is 0 Å². The lowest BCUT2D eigenvalue weighted by atomic mass is 9.93. The normalized spacial score (nSPS) is 12.4. The smallest absolute Gasteiger partial charge is 0.127 e. The van der Waals surface area contributed by atoms with E-state index in [1.165, 1.54) is 32.0 Å². The average Bonchev–Trinajstić information content (AvgIpc) is 2.59. The van der Waals surface area contributed by atoms with Crippen molar-refractivity contribution in [1.29, 1.82) is 0 Å². The molecule has 107 valence electrons. The molecule has 0 unspecified atom stereocenters. The molecule has 3 aromatic rings. The first-order valence-electron chi connectivity index (χ1n) is 7.25. The lowest BCUT2D eigenvalue weighted by Crippen LogP contribution is -2.01. The molecule has 0 aromatic heterocycles. The Bertz CT molecular complexity index is 824. The van der Waals surface area contributed by atoms with Crippen LogP contribution in [0, 0.1) is 6.42 Å². The Morgan fingerprint density at radius 2 is 1.55 bits per heavy atom. The van der Waals surface area contributed by atoms with Crippen molar-refractivity contribution in [2.75, 3.05) is 7.11 Å². The summed E-state index contributed by atoms with van der Waals surface area (Å²) in [5.74, 6) is 0.918. The minimum absolute atomic E-state index is 0.918. The van der Waals surface area contributed by atoms with Crippen molar-refractivity contribution in [3.05, 3.63) is 84.3 Å². The van der Waals surface area contributed by atoms with E-state index in [9.17, 15) is 0 Å². The third-order valence-corrected chi connectivity index (χ3v) is 5.06. The van der Waals surface area contributed by atoms with E-state index in [-0.39, 0.29) is 0 Å². The van der Waals surface area contributed by atoms with Gasteiger partial charge < -0.3 is 4.74 Å². The summed E-state index contributed by atoms with van der Waals surface area (Å²) < 4.78 is 5.62. The zero-order chi connectivity index (χ0) is 14.9. The number of rotatable bonds is 2. The second-order valence-electron chi connectivity index (χ2n) is 5.20. The van der Waals surface area contributed by atoms with Crippen molar-refractivity contribution in [2.45, 2.75) is 9.79 Å². The van der Waals surface area contributed by atoms with Crippen LogP contribution in [0.3, 0.4) is 0 Å². The van der Waals surface area contributed by atoms with E-state index in [1.54, 1.807) is 7.11 Å². The molecule has 0 N–H and O–H groups in total. The summed E-state index contributed by atoms with van der Waals surface area (Å²) in [6, 6.07) is 23.2. The molecule has 0 bridgehead atoms. The molecule has 0 saturated carbocycles. The Labute approximate surface area is 135 Å². The first-order chi connectivity index (χ1) is 10.9. The van der Waals surface area contributed by atoms with E-state index in [4.69, 9.17) is 4.74 Å². The summed E-state index contributed by atoms with van der Waals surface area (Å²) in [6.07, 6.45) is 2.27. The quantitative estimate of drug-likeness (QED) is 0.488.